The molecule has 2 rings (SSSR count). The average molecular weight is 206 g/mol. The van der Waals surface area contributed by atoms with E-state index in [0.717, 1.165) is 18.1 Å². The van der Waals surface area contributed by atoms with Gasteiger partial charge in [-0.25, -0.2) is 4.98 Å². The van der Waals surface area contributed by atoms with Crippen LogP contribution in [0.5, 0.6) is 0 Å². The summed E-state index contributed by atoms with van der Waals surface area (Å²) in [7, 11) is 0. The molecule has 82 valence electrons. The van der Waals surface area contributed by atoms with Gasteiger partial charge in [0.05, 0.1) is 11.9 Å². The van der Waals surface area contributed by atoms with Crippen LogP contribution in [0, 0.1) is 0 Å². The van der Waals surface area contributed by atoms with Gasteiger partial charge in [0.1, 0.15) is 5.82 Å². The molecule has 1 aliphatic rings. The number of anilines is 1. The molecule has 2 N–H and O–H groups in total. The van der Waals surface area contributed by atoms with Gasteiger partial charge in [-0.1, -0.05) is 0 Å². The number of aromatic nitrogens is 2. The second-order valence-corrected chi connectivity index (χ2v) is 4.11. The van der Waals surface area contributed by atoms with Crippen LogP contribution in [0.2, 0.25) is 0 Å². The third kappa shape index (κ3) is 2.26. The first kappa shape index (κ1) is 10.4. The number of piperidine rings is 1. The lowest BCUT2D eigenvalue weighted by molar-refractivity contribution is 0.480. The highest BCUT2D eigenvalue weighted by Gasteiger charge is 2.19. The Morgan fingerprint density at radius 3 is 3.07 bits per heavy atom. The minimum absolute atomic E-state index is 0.461. The highest BCUT2D eigenvalue weighted by Crippen LogP contribution is 2.22. The largest absolute Gasteiger partial charge is 0.353 e. The Bertz CT molecular complexity index is 326. The topological polar surface area (TPSA) is 55.0 Å². The zero-order valence-electron chi connectivity index (χ0n) is 9.19. The van der Waals surface area contributed by atoms with Gasteiger partial charge in [-0.3, -0.25) is 4.98 Å². The molecule has 1 saturated heterocycles. The maximum absolute atomic E-state index is 5.56. The fraction of sp³-hybridized carbons (Fsp3) is 0.636. The number of hydrogen-bond donors (Lipinski definition) is 1. The van der Waals surface area contributed by atoms with Crippen molar-refractivity contribution < 1.29 is 0 Å². The number of hydrogen-bond acceptors (Lipinski definition) is 4. The molecule has 2 heterocycles. The first-order valence-corrected chi connectivity index (χ1v) is 5.59. The molecule has 4 nitrogen and oxygen atoms in total. The van der Waals surface area contributed by atoms with Gasteiger partial charge >= 0.3 is 0 Å². The molecule has 0 aromatic carbocycles. The molecule has 4 heteroatoms. The van der Waals surface area contributed by atoms with Crippen molar-refractivity contribution in [2.24, 2.45) is 5.73 Å². The maximum atomic E-state index is 5.56. The summed E-state index contributed by atoms with van der Waals surface area (Å²) in [5.41, 5.74) is 6.43. The average Bonchev–Trinajstić information content (AvgIpc) is 2.30. The molecule has 0 amide bonds. The quantitative estimate of drug-likeness (QED) is 0.792. The normalized spacial score (nSPS) is 21.7. The monoisotopic (exact) mass is 206 g/mol. The van der Waals surface area contributed by atoms with Gasteiger partial charge < -0.3 is 10.6 Å². The molecule has 0 bridgehead atoms. The fourth-order valence-electron chi connectivity index (χ4n) is 2.07. The SMILES string of the molecule is CC1CCCCN1c1cncc(CN)n1. The molecule has 0 aliphatic carbocycles. The third-order valence-electron chi connectivity index (χ3n) is 2.98. The molecule has 1 aliphatic heterocycles. The van der Waals surface area contributed by atoms with E-state index in [0.29, 0.717) is 12.6 Å². The summed E-state index contributed by atoms with van der Waals surface area (Å²) in [6.45, 7) is 3.79. The van der Waals surface area contributed by atoms with E-state index in [1.54, 1.807) is 6.20 Å². The van der Waals surface area contributed by atoms with Crippen LogP contribution in [-0.2, 0) is 6.54 Å². The molecule has 0 spiro atoms. The van der Waals surface area contributed by atoms with E-state index in [4.69, 9.17) is 5.73 Å². The van der Waals surface area contributed by atoms with Crippen molar-refractivity contribution in [2.75, 3.05) is 11.4 Å². The number of rotatable bonds is 2. The summed E-state index contributed by atoms with van der Waals surface area (Å²) in [5, 5.41) is 0. The van der Waals surface area contributed by atoms with Crippen LogP contribution in [0.1, 0.15) is 31.9 Å². The van der Waals surface area contributed by atoms with E-state index >= 15 is 0 Å². The Kier molecular flexibility index (Phi) is 3.16. The first-order chi connectivity index (χ1) is 7.31. The van der Waals surface area contributed by atoms with Crippen molar-refractivity contribution in [3.63, 3.8) is 0 Å². The molecule has 1 aromatic rings. The van der Waals surface area contributed by atoms with Crippen molar-refractivity contribution >= 4 is 5.82 Å². The smallest absolute Gasteiger partial charge is 0.147 e. The van der Waals surface area contributed by atoms with E-state index in [1.165, 1.54) is 19.3 Å². The van der Waals surface area contributed by atoms with Crippen LogP contribution in [0.15, 0.2) is 12.4 Å². The lowest BCUT2D eigenvalue weighted by Crippen LogP contribution is -2.38. The van der Waals surface area contributed by atoms with E-state index < -0.39 is 0 Å². The standard InChI is InChI=1S/C11H18N4/c1-9-4-2-3-5-15(9)11-8-13-7-10(6-12)14-11/h7-9H,2-6,12H2,1H3. The zero-order valence-corrected chi connectivity index (χ0v) is 9.19. The Balaban J connectivity index is 2.19. The molecular formula is C11H18N4. The van der Waals surface area contributed by atoms with E-state index in [1.807, 2.05) is 6.20 Å². The van der Waals surface area contributed by atoms with Crippen molar-refractivity contribution in [3.8, 4) is 0 Å². The number of nitrogens with zero attached hydrogens (tertiary/aromatic N) is 3. The second-order valence-electron chi connectivity index (χ2n) is 4.11. The Labute approximate surface area is 90.5 Å². The van der Waals surface area contributed by atoms with Crippen molar-refractivity contribution in [3.05, 3.63) is 18.1 Å². The summed E-state index contributed by atoms with van der Waals surface area (Å²) >= 11 is 0. The summed E-state index contributed by atoms with van der Waals surface area (Å²) in [4.78, 5) is 11.0. The van der Waals surface area contributed by atoms with Gasteiger partial charge in [-0.05, 0) is 26.2 Å². The molecule has 0 saturated carbocycles. The van der Waals surface area contributed by atoms with Gasteiger partial charge in [-0.2, -0.15) is 0 Å². The minimum atomic E-state index is 0.461. The highest BCUT2D eigenvalue weighted by molar-refractivity contribution is 5.38. The molecule has 1 unspecified atom stereocenters. The van der Waals surface area contributed by atoms with Crippen LogP contribution in [0.3, 0.4) is 0 Å². The summed E-state index contributed by atoms with van der Waals surface area (Å²) in [6, 6.07) is 0.570. The van der Waals surface area contributed by atoms with Crippen molar-refractivity contribution in [2.45, 2.75) is 38.8 Å². The van der Waals surface area contributed by atoms with Crippen LogP contribution < -0.4 is 10.6 Å². The first-order valence-electron chi connectivity index (χ1n) is 5.59. The van der Waals surface area contributed by atoms with Gasteiger partial charge in [0.2, 0.25) is 0 Å². The van der Waals surface area contributed by atoms with Gasteiger partial charge in [0.15, 0.2) is 0 Å². The van der Waals surface area contributed by atoms with E-state index in [-0.39, 0.29) is 0 Å². The highest BCUT2D eigenvalue weighted by atomic mass is 15.2. The summed E-state index contributed by atoms with van der Waals surface area (Å²) < 4.78 is 0. The third-order valence-corrected chi connectivity index (χ3v) is 2.98. The summed E-state index contributed by atoms with van der Waals surface area (Å²) in [5.74, 6) is 0.977. The lowest BCUT2D eigenvalue weighted by atomic mass is 10.0. The predicted octanol–water partition coefficient (Wildman–Crippen LogP) is 1.31. The zero-order chi connectivity index (χ0) is 10.7. The lowest BCUT2D eigenvalue weighted by Gasteiger charge is -2.34. The molecule has 1 fully saturated rings. The molecule has 1 aromatic heterocycles. The second kappa shape index (κ2) is 4.57. The molecule has 1 atom stereocenters. The Hall–Kier alpha value is -1.16. The number of nitrogens with two attached hydrogens (primary N) is 1. The maximum Gasteiger partial charge on any atom is 0.147 e. The fourth-order valence-corrected chi connectivity index (χ4v) is 2.07. The van der Waals surface area contributed by atoms with Crippen LogP contribution >= 0.6 is 0 Å². The molecule has 15 heavy (non-hydrogen) atoms. The Morgan fingerprint density at radius 2 is 2.33 bits per heavy atom. The van der Waals surface area contributed by atoms with Gasteiger partial charge in [-0.15, -0.1) is 0 Å². The molecule has 0 radical (unpaired) electrons. The van der Waals surface area contributed by atoms with E-state index in [9.17, 15) is 0 Å². The van der Waals surface area contributed by atoms with Crippen LogP contribution in [-0.4, -0.2) is 22.6 Å². The molecular weight excluding hydrogens is 188 g/mol. The predicted molar refractivity (Wildman–Crippen MR) is 60.6 cm³/mol. The minimum Gasteiger partial charge on any atom is -0.353 e. The van der Waals surface area contributed by atoms with Gasteiger partial charge in [0, 0.05) is 25.3 Å². The van der Waals surface area contributed by atoms with Gasteiger partial charge in [0.25, 0.3) is 0 Å². The van der Waals surface area contributed by atoms with Crippen LogP contribution in [0.4, 0.5) is 5.82 Å². The van der Waals surface area contributed by atoms with Crippen molar-refractivity contribution in [1.82, 2.24) is 9.97 Å². The summed E-state index contributed by atoms with van der Waals surface area (Å²) in [6.07, 6.45) is 7.38. The van der Waals surface area contributed by atoms with E-state index in [2.05, 4.69) is 21.8 Å². The van der Waals surface area contributed by atoms with Crippen LogP contribution in [0.25, 0.3) is 0 Å². The Morgan fingerprint density at radius 1 is 1.47 bits per heavy atom. The van der Waals surface area contributed by atoms with Crippen molar-refractivity contribution in [1.29, 1.82) is 0 Å².